The van der Waals surface area contributed by atoms with E-state index in [0.717, 1.165) is 92.6 Å². The van der Waals surface area contributed by atoms with Gasteiger partial charge in [0.2, 0.25) is 0 Å². The first-order valence-electron chi connectivity index (χ1n) is 17.9. The van der Waals surface area contributed by atoms with Gasteiger partial charge in [-0.05, 0) is 69.4 Å². The molecule has 48 heavy (non-hydrogen) atoms. The molecule has 2 heterocycles. The summed E-state index contributed by atoms with van der Waals surface area (Å²) in [6.07, 6.45) is 12.5. The van der Waals surface area contributed by atoms with Crippen molar-refractivity contribution >= 4 is 73.8 Å². The summed E-state index contributed by atoms with van der Waals surface area (Å²) in [6, 6.07) is 20.5. The van der Waals surface area contributed by atoms with Crippen LogP contribution >= 0.6 is 0 Å². The molecular weight excluding hydrogens is 637 g/mol. The van der Waals surface area contributed by atoms with Crippen LogP contribution in [0.25, 0.3) is 54.1 Å². The highest BCUT2D eigenvalue weighted by Crippen LogP contribution is 2.39. The molecule has 0 aliphatic heterocycles. The Kier molecular flexibility index (Phi) is 10.2. The summed E-state index contributed by atoms with van der Waals surface area (Å²) in [4.78, 5) is 0. The van der Waals surface area contributed by atoms with E-state index in [9.17, 15) is 16.8 Å². The summed E-state index contributed by atoms with van der Waals surface area (Å²) in [5, 5.41) is 9.03. The Morgan fingerprint density at radius 1 is 0.417 bits per heavy atom. The molecule has 0 aliphatic carbocycles. The summed E-state index contributed by atoms with van der Waals surface area (Å²) < 4.78 is 57.4. The lowest BCUT2D eigenvalue weighted by molar-refractivity contribution is 0.575. The predicted octanol–water partition coefficient (Wildman–Crippen LogP) is 10.4. The number of unbranched alkanes of at least 4 members (excludes halogenated alkanes) is 10. The third-order valence-electron chi connectivity index (χ3n) is 10.3. The number of rotatable bonds is 16. The van der Waals surface area contributed by atoms with Crippen molar-refractivity contribution in [1.82, 2.24) is 9.13 Å². The number of aryl methyl sites for hydroxylation is 2. The Bertz CT molecular complexity index is 2160. The van der Waals surface area contributed by atoms with Crippen molar-refractivity contribution in [1.29, 1.82) is 0 Å². The number of hydrogen-bond donors (Lipinski definition) is 0. The lowest BCUT2D eigenvalue weighted by Crippen LogP contribution is -2.11. The molecule has 0 N–H and O–H groups in total. The van der Waals surface area contributed by atoms with Crippen LogP contribution in [0.1, 0.15) is 90.9 Å². The van der Waals surface area contributed by atoms with E-state index in [1.165, 1.54) is 25.7 Å². The summed E-state index contributed by atoms with van der Waals surface area (Å²) in [6.45, 7) is 4.37. The maximum absolute atomic E-state index is 13.4. The van der Waals surface area contributed by atoms with E-state index in [0.29, 0.717) is 22.9 Å². The molecular formula is C40H50N2O4S2. The minimum atomic E-state index is -3.41. The molecule has 256 valence electrons. The van der Waals surface area contributed by atoms with E-state index < -0.39 is 19.7 Å². The Morgan fingerprint density at radius 2 is 0.708 bits per heavy atom. The molecule has 2 aromatic heterocycles. The van der Waals surface area contributed by atoms with Crippen LogP contribution in [-0.4, -0.2) is 37.5 Å². The SMILES string of the molecule is CCCCCCCCS(=O)(=O)c1cc2c3ccc4c(ccc5c4ccc4c5cc(S(=O)(=O)CCCCCCCC)n4C)c3ccc2n1C. The van der Waals surface area contributed by atoms with Crippen LogP contribution in [0.5, 0.6) is 0 Å². The summed E-state index contributed by atoms with van der Waals surface area (Å²) >= 11 is 0. The van der Waals surface area contributed by atoms with Gasteiger partial charge in [0, 0.05) is 35.9 Å². The summed E-state index contributed by atoms with van der Waals surface area (Å²) in [5.41, 5.74) is 1.81. The van der Waals surface area contributed by atoms with E-state index in [4.69, 9.17) is 0 Å². The molecule has 4 aromatic carbocycles. The van der Waals surface area contributed by atoms with Gasteiger partial charge in [0.15, 0.2) is 19.7 Å². The van der Waals surface area contributed by atoms with Crippen molar-refractivity contribution in [3.63, 3.8) is 0 Å². The fraction of sp³-hybridized carbons (Fsp3) is 0.450. The van der Waals surface area contributed by atoms with Crippen molar-refractivity contribution in [3.8, 4) is 0 Å². The number of nitrogens with zero attached hydrogens (tertiary/aromatic N) is 2. The van der Waals surface area contributed by atoms with Gasteiger partial charge in [-0.2, -0.15) is 0 Å². The zero-order chi connectivity index (χ0) is 34.1. The molecule has 0 atom stereocenters. The van der Waals surface area contributed by atoms with Gasteiger partial charge in [-0.15, -0.1) is 0 Å². The molecule has 0 spiro atoms. The van der Waals surface area contributed by atoms with Gasteiger partial charge in [0.1, 0.15) is 10.1 Å². The van der Waals surface area contributed by atoms with E-state index in [2.05, 4.69) is 50.2 Å². The normalized spacial score (nSPS) is 12.8. The van der Waals surface area contributed by atoms with Crippen molar-refractivity contribution in [2.45, 2.75) is 101 Å². The first-order chi connectivity index (χ1) is 23.1. The first kappa shape index (κ1) is 34.5. The van der Waals surface area contributed by atoms with E-state index in [-0.39, 0.29) is 11.5 Å². The van der Waals surface area contributed by atoms with Crippen LogP contribution in [0, 0.1) is 0 Å². The van der Waals surface area contributed by atoms with E-state index in [1.54, 1.807) is 0 Å². The maximum atomic E-state index is 13.4. The van der Waals surface area contributed by atoms with Gasteiger partial charge in [-0.3, -0.25) is 0 Å². The average Bonchev–Trinajstić information content (AvgIpc) is 3.61. The molecule has 0 saturated heterocycles. The van der Waals surface area contributed by atoms with Crippen LogP contribution in [0.2, 0.25) is 0 Å². The second-order valence-electron chi connectivity index (χ2n) is 13.7. The molecule has 0 fully saturated rings. The Hall–Kier alpha value is -3.36. The van der Waals surface area contributed by atoms with Crippen molar-refractivity contribution in [3.05, 3.63) is 60.7 Å². The Morgan fingerprint density at radius 3 is 1.06 bits per heavy atom. The van der Waals surface area contributed by atoms with E-state index >= 15 is 0 Å². The molecule has 0 bridgehead atoms. The zero-order valence-electron chi connectivity index (χ0n) is 29.0. The highest BCUT2D eigenvalue weighted by molar-refractivity contribution is 7.91. The number of aromatic nitrogens is 2. The fourth-order valence-electron chi connectivity index (χ4n) is 7.58. The quantitative estimate of drug-likeness (QED) is 0.0750. The first-order valence-corrected chi connectivity index (χ1v) is 21.2. The largest absolute Gasteiger partial charge is 0.335 e. The van der Waals surface area contributed by atoms with Crippen LogP contribution in [-0.2, 0) is 33.8 Å². The third-order valence-corrected chi connectivity index (χ3v) is 14.0. The molecule has 6 aromatic rings. The molecule has 0 radical (unpaired) electrons. The van der Waals surface area contributed by atoms with Crippen LogP contribution in [0.3, 0.4) is 0 Å². The zero-order valence-corrected chi connectivity index (χ0v) is 30.6. The second kappa shape index (κ2) is 14.2. The number of sulfone groups is 2. The van der Waals surface area contributed by atoms with Crippen LogP contribution in [0.4, 0.5) is 0 Å². The van der Waals surface area contributed by atoms with Crippen LogP contribution < -0.4 is 0 Å². The number of hydrogen-bond acceptors (Lipinski definition) is 4. The van der Waals surface area contributed by atoms with Crippen LogP contribution in [0.15, 0.2) is 70.7 Å². The Labute approximate surface area is 285 Å². The van der Waals surface area contributed by atoms with Gasteiger partial charge >= 0.3 is 0 Å². The van der Waals surface area contributed by atoms with Crippen molar-refractivity contribution in [2.75, 3.05) is 11.5 Å². The van der Waals surface area contributed by atoms with Gasteiger partial charge in [-0.1, -0.05) is 114 Å². The molecule has 6 rings (SSSR count). The minimum absolute atomic E-state index is 0.173. The monoisotopic (exact) mass is 686 g/mol. The molecule has 0 unspecified atom stereocenters. The third kappa shape index (κ3) is 6.50. The van der Waals surface area contributed by atoms with Gasteiger partial charge in [-0.25, -0.2) is 16.8 Å². The second-order valence-corrected chi connectivity index (χ2v) is 17.8. The Balaban J connectivity index is 1.34. The number of fused-ring (bicyclic) bond motifs is 9. The van der Waals surface area contributed by atoms with Crippen molar-refractivity contribution in [2.24, 2.45) is 14.1 Å². The van der Waals surface area contributed by atoms with Gasteiger partial charge < -0.3 is 9.13 Å². The van der Waals surface area contributed by atoms with Crippen molar-refractivity contribution < 1.29 is 16.8 Å². The summed E-state index contributed by atoms with van der Waals surface area (Å²) in [7, 11) is -3.12. The highest BCUT2D eigenvalue weighted by atomic mass is 32.2. The fourth-order valence-corrected chi connectivity index (χ4v) is 10.8. The lowest BCUT2D eigenvalue weighted by atomic mass is 9.94. The highest BCUT2D eigenvalue weighted by Gasteiger charge is 2.23. The molecule has 0 saturated carbocycles. The van der Waals surface area contributed by atoms with Gasteiger partial charge in [0.25, 0.3) is 0 Å². The number of benzene rings is 4. The summed E-state index contributed by atoms with van der Waals surface area (Å²) in [5.74, 6) is 0.346. The maximum Gasteiger partial charge on any atom is 0.193 e. The molecule has 8 heteroatoms. The average molecular weight is 687 g/mol. The van der Waals surface area contributed by atoms with E-state index in [1.807, 2.05) is 47.5 Å². The predicted molar refractivity (Wildman–Crippen MR) is 203 cm³/mol. The smallest absolute Gasteiger partial charge is 0.193 e. The van der Waals surface area contributed by atoms with Gasteiger partial charge in [0.05, 0.1) is 11.5 Å². The molecule has 0 amide bonds. The molecule has 0 aliphatic rings. The topological polar surface area (TPSA) is 78.1 Å². The minimum Gasteiger partial charge on any atom is -0.335 e. The lowest BCUT2D eigenvalue weighted by Gasteiger charge is -2.10. The standard InChI is InChI=1S/C40H50N2O4S2/c1-5-7-9-11-13-15-25-47(43,44)39-27-35-33-19-17-30-29(31(33)21-23-37(35)41(39)3)18-20-34-32(30)22-24-38-36(34)28-40(42(38)4)48(45,46)26-16-14-12-10-8-6-2/h17-24,27-28H,5-16,25-26H2,1-4H3. The molecule has 6 nitrogen and oxygen atoms in total.